The molecule has 2 nitrogen and oxygen atoms in total. The van der Waals surface area contributed by atoms with Gasteiger partial charge in [-0.1, -0.05) is 104 Å². The van der Waals surface area contributed by atoms with E-state index < -0.39 is 0 Å². The predicted molar refractivity (Wildman–Crippen MR) is 97.8 cm³/mol. The molecule has 0 saturated carbocycles. The molecule has 0 spiro atoms. The highest BCUT2D eigenvalue weighted by molar-refractivity contribution is 4.68. The van der Waals surface area contributed by atoms with Crippen LogP contribution in [0.5, 0.6) is 0 Å². The molecule has 0 aromatic carbocycles. The number of unbranched alkanes of at least 4 members (excludes halogenated alkanes) is 12. The minimum atomic E-state index is -0.201. The highest BCUT2D eigenvalue weighted by atomic mass is 35.5. The Morgan fingerprint density at radius 3 is 1.39 bits per heavy atom. The van der Waals surface area contributed by atoms with Gasteiger partial charge in [-0.05, 0) is 6.42 Å². The maximum Gasteiger partial charge on any atom is 0.113 e. The molecule has 0 heterocycles. The fourth-order valence-corrected chi connectivity index (χ4v) is 3.03. The third-order valence-corrected chi connectivity index (χ3v) is 4.95. The monoisotopic (exact) mass is 349 g/mol. The fraction of sp³-hybridized carbons (Fsp3) is 1.00. The quantitative estimate of drug-likeness (QED) is 0.412. The van der Waals surface area contributed by atoms with Crippen molar-refractivity contribution >= 4 is 0 Å². The summed E-state index contributed by atoms with van der Waals surface area (Å²) in [5.74, 6) is 0.483. The van der Waals surface area contributed by atoms with E-state index in [1.54, 1.807) is 0 Å². The average Bonchev–Trinajstić information content (AvgIpc) is 2.50. The van der Waals surface area contributed by atoms with Crippen molar-refractivity contribution in [2.24, 2.45) is 5.92 Å². The largest absolute Gasteiger partial charge is 1.00 e. The van der Waals surface area contributed by atoms with Crippen molar-refractivity contribution in [3.63, 3.8) is 0 Å². The van der Waals surface area contributed by atoms with Gasteiger partial charge >= 0.3 is 0 Å². The van der Waals surface area contributed by atoms with E-state index in [4.69, 9.17) is 0 Å². The van der Waals surface area contributed by atoms with Gasteiger partial charge in [-0.15, -0.1) is 0 Å². The summed E-state index contributed by atoms with van der Waals surface area (Å²) < 4.78 is 0. The van der Waals surface area contributed by atoms with E-state index in [1.807, 2.05) is 0 Å². The van der Waals surface area contributed by atoms with Crippen LogP contribution in [-0.2, 0) is 0 Å². The third kappa shape index (κ3) is 16.8. The number of halogens is 1. The van der Waals surface area contributed by atoms with Crippen LogP contribution in [0.2, 0.25) is 0 Å². The topological polar surface area (TPSA) is 47.9 Å². The first kappa shape index (κ1) is 25.5. The van der Waals surface area contributed by atoms with Gasteiger partial charge in [-0.25, -0.2) is 0 Å². The van der Waals surface area contributed by atoms with Crippen molar-refractivity contribution in [2.45, 2.75) is 123 Å². The summed E-state index contributed by atoms with van der Waals surface area (Å²) >= 11 is 0. The molecule has 0 aliphatic rings. The Morgan fingerprint density at radius 1 is 0.696 bits per heavy atom. The Bertz CT molecular complexity index is 224. The van der Waals surface area contributed by atoms with Gasteiger partial charge in [-0.2, -0.15) is 0 Å². The fourth-order valence-electron chi connectivity index (χ4n) is 3.03. The van der Waals surface area contributed by atoms with Crippen LogP contribution in [0.1, 0.15) is 111 Å². The minimum absolute atomic E-state index is 0. The highest BCUT2D eigenvalue weighted by Gasteiger charge is 2.20. The number of quaternary nitrogens is 1. The molecule has 0 rings (SSSR count). The molecule has 0 unspecified atom stereocenters. The van der Waals surface area contributed by atoms with Crippen LogP contribution in [0.4, 0.5) is 0 Å². The smallest absolute Gasteiger partial charge is 0.113 e. The zero-order valence-electron chi connectivity index (χ0n) is 16.2. The van der Waals surface area contributed by atoms with Crippen molar-refractivity contribution in [1.29, 1.82) is 0 Å². The lowest BCUT2D eigenvalue weighted by molar-refractivity contribution is -0.449. The summed E-state index contributed by atoms with van der Waals surface area (Å²) in [6.07, 6.45) is 18.7. The van der Waals surface area contributed by atoms with Crippen molar-refractivity contribution in [2.75, 3.05) is 0 Å². The van der Waals surface area contributed by atoms with E-state index in [0.29, 0.717) is 5.92 Å². The summed E-state index contributed by atoms with van der Waals surface area (Å²) in [5.41, 5.74) is 4.07. The lowest BCUT2D eigenvalue weighted by atomic mass is 9.95. The molecule has 142 valence electrons. The first-order chi connectivity index (χ1) is 10.6. The SMILES string of the molecule is CCCCCCCCCCCCCCC[C@@H](O)[C@@H]([NH3+])C(C)C.[Cl-]. The second-order valence-corrected chi connectivity index (χ2v) is 7.51. The molecule has 0 aliphatic carbocycles. The van der Waals surface area contributed by atoms with Gasteiger partial charge < -0.3 is 23.2 Å². The average molecular weight is 350 g/mol. The van der Waals surface area contributed by atoms with Crippen LogP contribution in [0, 0.1) is 5.92 Å². The van der Waals surface area contributed by atoms with Gasteiger partial charge in [0.25, 0.3) is 0 Å². The van der Waals surface area contributed by atoms with E-state index in [-0.39, 0.29) is 24.6 Å². The lowest BCUT2D eigenvalue weighted by Gasteiger charge is -2.18. The van der Waals surface area contributed by atoms with E-state index >= 15 is 0 Å². The Hall–Kier alpha value is 0.210. The van der Waals surface area contributed by atoms with Gasteiger partial charge in [0.2, 0.25) is 0 Å². The van der Waals surface area contributed by atoms with E-state index in [9.17, 15) is 5.11 Å². The van der Waals surface area contributed by atoms with Gasteiger partial charge in [0, 0.05) is 5.92 Å². The van der Waals surface area contributed by atoms with Crippen LogP contribution in [-0.4, -0.2) is 17.3 Å². The molecule has 0 fully saturated rings. The van der Waals surface area contributed by atoms with Crippen LogP contribution in [0.15, 0.2) is 0 Å². The first-order valence-electron chi connectivity index (χ1n) is 10.1. The number of rotatable bonds is 16. The van der Waals surface area contributed by atoms with E-state index in [1.165, 1.54) is 77.0 Å². The van der Waals surface area contributed by atoms with Crippen molar-refractivity contribution in [1.82, 2.24) is 0 Å². The van der Waals surface area contributed by atoms with Gasteiger partial charge in [0.15, 0.2) is 0 Å². The number of aliphatic hydroxyl groups excluding tert-OH is 1. The summed E-state index contributed by atoms with van der Waals surface area (Å²) in [6.45, 7) is 6.57. The molecule has 2 atom stereocenters. The van der Waals surface area contributed by atoms with Gasteiger partial charge in [0.05, 0.1) is 0 Å². The van der Waals surface area contributed by atoms with Crippen LogP contribution < -0.4 is 18.1 Å². The zero-order valence-corrected chi connectivity index (χ0v) is 16.9. The Balaban J connectivity index is 0. The predicted octanol–water partition coefficient (Wildman–Crippen LogP) is 2.10. The second-order valence-electron chi connectivity index (χ2n) is 7.51. The highest BCUT2D eigenvalue weighted by Crippen LogP contribution is 2.14. The van der Waals surface area contributed by atoms with Crippen molar-refractivity contribution in [3.8, 4) is 0 Å². The molecule has 4 N–H and O–H groups in total. The number of aliphatic hydroxyl groups is 1. The Kier molecular flexibility index (Phi) is 20.5. The van der Waals surface area contributed by atoms with Gasteiger partial charge in [0.1, 0.15) is 12.1 Å². The van der Waals surface area contributed by atoms with Crippen molar-refractivity contribution < 1.29 is 23.2 Å². The summed E-state index contributed by atoms with van der Waals surface area (Å²) in [4.78, 5) is 0. The lowest BCUT2D eigenvalue weighted by Crippen LogP contribution is -3.00. The maximum atomic E-state index is 10.0. The standard InChI is InChI=1S/C20H43NO.ClH/c1-4-5-6-7-8-9-10-11-12-13-14-15-16-17-19(22)20(21)18(2)3;/h18-20,22H,4-17,21H2,1-3H3;1H/t19-,20+;/m1./s1. The third-order valence-electron chi connectivity index (χ3n) is 4.95. The summed E-state index contributed by atoms with van der Waals surface area (Å²) in [7, 11) is 0. The Labute approximate surface area is 152 Å². The van der Waals surface area contributed by atoms with E-state index in [0.717, 1.165) is 12.8 Å². The summed E-state index contributed by atoms with van der Waals surface area (Å²) in [5, 5.41) is 10.0. The number of hydrogen-bond acceptors (Lipinski definition) is 1. The molecule has 0 bridgehead atoms. The van der Waals surface area contributed by atoms with Gasteiger partial charge in [-0.3, -0.25) is 0 Å². The zero-order chi connectivity index (χ0) is 16.6. The molecule has 23 heavy (non-hydrogen) atoms. The second kappa shape index (κ2) is 18.5. The molecule has 0 aromatic heterocycles. The molecule has 0 aliphatic heterocycles. The van der Waals surface area contributed by atoms with Crippen LogP contribution in [0.3, 0.4) is 0 Å². The number of hydrogen-bond donors (Lipinski definition) is 2. The molecular formula is C20H44ClNO. The van der Waals surface area contributed by atoms with Crippen molar-refractivity contribution in [3.05, 3.63) is 0 Å². The Morgan fingerprint density at radius 2 is 1.04 bits per heavy atom. The molecule has 0 aromatic rings. The van der Waals surface area contributed by atoms with Crippen LogP contribution >= 0.6 is 0 Å². The molecule has 0 amide bonds. The molecular weight excluding hydrogens is 306 g/mol. The van der Waals surface area contributed by atoms with E-state index in [2.05, 4.69) is 26.5 Å². The minimum Gasteiger partial charge on any atom is -1.00 e. The first-order valence-corrected chi connectivity index (χ1v) is 10.1. The summed E-state index contributed by atoms with van der Waals surface area (Å²) in [6, 6.07) is 0.192. The van der Waals surface area contributed by atoms with Crippen LogP contribution in [0.25, 0.3) is 0 Å². The molecule has 3 heteroatoms. The normalized spacial score (nSPS) is 13.8. The molecule has 0 radical (unpaired) electrons. The molecule has 0 saturated heterocycles. The maximum absolute atomic E-state index is 10.0.